The Morgan fingerprint density at radius 2 is 1.83 bits per heavy atom. The summed E-state index contributed by atoms with van der Waals surface area (Å²) < 4.78 is 5.55. The third-order valence-electron chi connectivity index (χ3n) is 5.10. The number of hydrogen-bond donors (Lipinski definition) is 1. The quantitative estimate of drug-likeness (QED) is 0.805. The lowest BCUT2D eigenvalue weighted by atomic mass is 9.65. The minimum absolute atomic E-state index is 0.537. The zero-order valence-electron chi connectivity index (χ0n) is 12.3. The van der Waals surface area contributed by atoms with E-state index in [9.17, 15) is 0 Å². The molecule has 1 aliphatic heterocycles. The largest absolute Gasteiger partial charge is 0.381 e. The van der Waals surface area contributed by atoms with Crippen molar-refractivity contribution in [1.29, 1.82) is 0 Å². The molecule has 1 atom stereocenters. The molecule has 0 bridgehead atoms. The molecule has 2 aliphatic rings. The van der Waals surface area contributed by atoms with Crippen LogP contribution in [-0.4, -0.2) is 25.8 Å². The van der Waals surface area contributed by atoms with Gasteiger partial charge in [0.05, 0.1) is 0 Å². The molecule has 2 fully saturated rings. The van der Waals surface area contributed by atoms with E-state index in [4.69, 9.17) is 4.74 Å². The van der Waals surface area contributed by atoms with Crippen molar-refractivity contribution < 1.29 is 4.74 Å². The van der Waals surface area contributed by atoms with Crippen LogP contribution in [0, 0.1) is 11.3 Å². The number of rotatable bonds is 5. The standard InChI is InChI=1S/C16H31NO/c1-3-11-17-15(14-7-12-18-13-8-14)16(2)9-5-4-6-10-16/h14-15,17H,3-13H2,1-2H3. The van der Waals surface area contributed by atoms with Crippen molar-refractivity contribution >= 4 is 0 Å². The van der Waals surface area contributed by atoms with Crippen molar-refractivity contribution in [2.24, 2.45) is 11.3 Å². The maximum atomic E-state index is 5.55. The summed E-state index contributed by atoms with van der Waals surface area (Å²) in [6.07, 6.45) is 10.9. The summed E-state index contributed by atoms with van der Waals surface area (Å²) in [5, 5.41) is 3.89. The second kappa shape index (κ2) is 6.91. The Hall–Kier alpha value is -0.0800. The maximum Gasteiger partial charge on any atom is 0.0469 e. The summed E-state index contributed by atoms with van der Waals surface area (Å²) in [5.41, 5.74) is 0.537. The molecule has 0 aromatic rings. The fourth-order valence-corrected chi connectivity index (χ4v) is 4.00. The van der Waals surface area contributed by atoms with Gasteiger partial charge >= 0.3 is 0 Å². The van der Waals surface area contributed by atoms with Crippen molar-refractivity contribution in [3.63, 3.8) is 0 Å². The predicted octanol–water partition coefficient (Wildman–Crippen LogP) is 3.75. The second-order valence-electron chi connectivity index (χ2n) is 6.60. The van der Waals surface area contributed by atoms with Crippen molar-refractivity contribution in [3.05, 3.63) is 0 Å². The molecular weight excluding hydrogens is 222 g/mol. The van der Waals surface area contributed by atoms with Gasteiger partial charge in [-0.2, -0.15) is 0 Å². The lowest BCUT2D eigenvalue weighted by Crippen LogP contribution is -2.51. The van der Waals surface area contributed by atoms with Crippen molar-refractivity contribution in [2.45, 2.75) is 71.3 Å². The molecule has 1 N–H and O–H groups in total. The molecule has 1 saturated carbocycles. The van der Waals surface area contributed by atoms with Crippen LogP contribution in [0.25, 0.3) is 0 Å². The molecule has 1 aliphatic carbocycles. The number of hydrogen-bond acceptors (Lipinski definition) is 2. The zero-order chi connectivity index (χ0) is 12.8. The molecule has 1 unspecified atom stereocenters. The van der Waals surface area contributed by atoms with Crippen LogP contribution in [0.1, 0.15) is 65.2 Å². The van der Waals surface area contributed by atoms with Gasteiger partial charge in [0.25, 0.3) is 0 Å². The van der Waals surface area contributed by atoms with Gasteiger partial charge in [0.15, 0.2) is 0 Å². The molecule has 0 aromatic heterocycles. The first-order valence-electron chi connectivity index (χ1n) is 8.07. The average Bonchev–Trinajstić information content (AvgIpc) is 2.41. The van der Waals surface area contributed by atoms with Gasteiger partial charge in [0.1, 0.15) is 0 Å². The third-order valence-corrected chi connectivity index (χ3v) is 5.10. The lowest BCUT2D eigenvalue weighted by molar-refractivity contribution is 0.0169. The Labute approximate surface area is 113 Å². The third kappa shape index (κ3) is 3.48. The molecule has 1 heterocycles. The van der Waals surface area contributed by atoms with Crippen molar-refractivity contribution in [3.8, 4) is 0 Å². The van der Waals surface area contributed by atoms with E-state index in [1.54, 1.807) is 0 Å². The van der Waals surface area contributed by atoms with Crippen LogP contribution in [0.5, 0.6) is 0 Å². The molecule has 18 heavy (non-hydrogen) atoms. The molecule has 2 nitrogen and oxygen atoms in total. The highest BCUT2D eigenvalue weighted by molar-refractivity contribution is 4.94. The highest BCUT2D eigenvalue weighted by Crippen LogP contribution is 2.43. The summed E-state index contributed by atoms with van der Waals surface area (Å²) in [5.74, 6) is 0.841. The molecule has 2 rings (SSSR count). The summed E-state index contributed by atoms with van der Waals surface area (Å²) in [4.78, 5) is 0. The SMILES string of the molecule is CCCNC(C1CCOCC1)C1(C)CCCCC1. The van der Waals surface area contributed by atoms with Crippen LogP contribution >= 0.6 is 0 Å². The van der Waals surface area contributed by atoms with Crippen molar-refractivity contribution in [1.82, 2.24) is 5.32 Å². The van der Waals surface area contributed by atoms with E-state index in [2.05, 4.69) is 19.2 Å². The molecule has 0 amide bonds. The van der Waals surface area contributed by atoms with Gasteiger partial charge in [0.2, 0.25) is 0 Å². The molecule has 0 spiro atoms. The summed E-state index contributed by atoms with van der Waals surface area (Å²) in [6.45, 7) is 7.94. The van der Waals surface area contributed by atoms with Crippen LogP contribution in [0.2, 0.25) is 0 Å². The Morgan fingerprint density at radius 1 is 1.17 bits per heavy atom. The van der Waals surface area contributed by atoms with E-state index < -0.39 is 0 Å². The minimum atomic E-state index is 0.537. The molecule has 0 aromatic carbocycles. The van der Waals surface area contributed by atoms with E-state index in [0.717, 1.165) is 25.2 Å². The molecule has 1 saturated heterocycles. The van der Waals surface area contributed by atoms with Crippen LogP contribution < -0.4 is 5.32 Å². The normalized spacial score (nSPS) is 27.0. The second-order valence-corrected chi connectivity index (χ2v) is 6.60. The minimum Gasteiger partial charge on any atom is -0.381 e. The average molecular weight is 253 g/mol. The first-order chi connectivity index (χ1) is 8.76. The smallest absolute Gasteiger partial charge is 0.0469 e. The predicted molar refractivity (Wildman–Crippen MR) is 76.8 cm³/mol. The Morgan fingerprint density at radius 3 is 2.44 bits per heavy atom. The summed E-state index contributed by atoms with van der Waals surface area (Å²) in [6, 6.07) is 0.724. The fraction of sp³-hybridized carbons (Fsp3) is 1.00. The van der Waals surface area contributed by atoms with Crippen molar-refractivity contribution in [2.75, 3.05) is 19.8 Å². The Bertz CT molecular complexity index is 229. The van der Waals surface area contributed by atoms with Gasteiger partial charge in [-0.1, -0.05) is 33.1 Å². The monoisotopic (exact) mass is 253 g/mol. The van der Waals surface area contributed by atoms with E-state index in [-0.39, 0.29) is 0 Å². The van der Waals surface area contributed by atoms with Crippen LogP contribution in [0.15, 0.2) is 0 Å². The fourth-order valence-electron chi connectivity index (χ4n) is 4.00. The van der Waals surface area contributed by atoms with Gasteiger partial charge in [-0.25, -0.2) is 0 Å². The van der Waals surface area contributed by atoms with E-state index >= 15 is 0 Å². The van der Waals surface area contributed by atoms with Gasteiger partial charge < -0.3 is 10.1 Å². The van der Waals surface area contributed by atoms with E-state index in [0.29, 0.717) is 5.41 Å². The summed E-state index contributed by atoms with van der Waals surface area (Å²) >= 11 is 0. The lowest BCUT2D eigenvalue weighted by Gasteiger charge is -2.46. The van der Waals surface area contributed by atoms with Crippen LogP contribution in [0.3, 0.4) is 0 Å². The highest BCUT2D eigenvalue weighted by atomic mass is 16.5. The van der Waals surface area contributed by atoms with Crippen LogP contribution in [-0.2, 0) is 4.74 Å². The zero-order valence-corrected chi connectivity index (χ0v) is 12.3. The van der Waals surface area contributed by atoms with E-state index in [1.807, 2.05) is 0 Å². The van der Waals surface area contributed by atoms with E-state index in [1.165, 1.54) is 57.9 Å². The Balaban J connectivity index is 2.02. The molecular formula is C16H31NO. The topological polar surface area (TPSA) is 21.3 Å². The number of ether oxygens (including phenoxy) is 1. The van der Waals surface area contributed by atoms with Gasteiger partial charge in [-0.15, -0.1) is 0 Å². The molecule has 106 valence electrons. The van der Waals surface area contributed by atoms with Crippen LogP contribution in [0.4, 0.5) is 0 Å². The first kappa shape index (κ1) is 14.3. The van der Waals surface area contributed by atoms with Gasteiger partial charge in [0, 0.05) is 19.3 Å². The summed E-state index contributed by atoms with van der Waals surface area (Å²) in [7, 11) is 0. The number of nitrogens with one attached hydrogen (secondary N) is 1. The Kier molecular flexibility index (Phi) is 5.50. The van der Waals surface area contributed by atoms with Gasteiger partial charge in [-0.3, -0.25) is 0 Å². The molecule has 2 heteroatoms. The highest BCUT2D eigenvalue weighted by Gasteiger charge is 2.39. The van der Waals surface area contributed by atoms with Gasteiger partial charge in [-0.05, 0) is 50.0 Å². The molecule has 0 radical (unpaired) electrons. The first-order valence-corrected chi connectivity index (χ1v) is 8.07. The maximum absolute atomic E-state index is 5.55.